The van der Waals surface area contributed by atoms with E-state index >= 15 is 0 Å². The van der Waals surface area contributed by atoms with Crippen molar-refractivity contribution in [3.8, 4) is 17.1 Å². The van der Waals surface area contributed by atoms with E-state index in [4.69, 9.17) is 9.26 Å². The Bertz CT molecular complexity index is 1010. The monoisotopic (exact) mass is 420 g/mol. The fraction of sp³-hybridized carbons (Fsp3) is 0.375. The number of aryl methyl sites for hydroxylation is 1. The van der Waals surface area contributed by atoms with Crippen LogP contribution in [0.5, 0.6) is 5.75 Å². The molecule has 1 amide bonds. The number of aromatic nitrogens is 2. The molecule has 0 unspecified atom stereocenters. The number of amides is 1. The van der Waals surface area contributed by atoms with Gasteiger partial charge in [-0.2, -0.15) is 4.98 Å². The lowest BCUT2D eigenvalue weighted by Crippen LogP contribution is -2.44. The summed E-state index contributed by atoms with van der Waals surface area (Å²) in [6, 6.07) is 15.5. The summed E-state index contributed by atoms with van der Waals surface area (Å²) < 4.78 is 10.9. The molecule has 0 radical (unpaired) electrons. The van der Waals surface area contributed by atoms with Gasteiger partial charge in [-0.25, -0.2) is 0 Å². The van der Waals surface area contributed by atoms with Gasteiger partial charge in [0, 0.05) is 30.3 Å². The van der Waals surface area contributed by atoms with Crippen LogP contribution in [0.2, 0.25) is 0 Å². The minimum atomic E-state index is 0.00782. The van der Waals surface area contributed by atoms with E-state index in [9.17, 15) is 4.79 Å². The van der Waals surface area contributed by atoms with Crippen molar-refractivity contribution in [2.75, 3.05) is 19.7 Å². The van der Waals surface area contributed by atoms with Crippen LogP contribution >= 0.6 is 0 Å². The number of carbonyl (C=O) groups excluding carboxylic acids is 1. The first-order valence-corrected chi connectivity index (χ1v) is 10.8. The van der Waals surface area contributed by atoms with Gasteiger partial charge < -0.3 is 14.6 Å². The number of piperidine rings is 1. The lowest BCUT2D eigenvalue weighted by Gasteiger charge is -2.31. The largest absolute Gasteiger partial charge is 0.494 e. The van der Waals surface area contributed by atoms with E-state index in [1.54, 1.807) is 0 Å². The molecule has 1 aliphatic heterocycles. The molecule has 3 aromatic rings. The molecule has 1 N–H and O–H groups in total. The molecule has 1 fully saturated rings. The Kier molecular flexibility index (Phi) is 6.62. The third-order valence-corrected chi connectivity index (χ3v) is 5.56. The standard InChI is InChI=1S/C24H28N4O3/c1-3-30-20-10-8-18(9-11-20)23-26-22(31-27-23)16-28-14-12-19(13-15-28)25-24(29)21-7-5-4-6-17(21)2/h4-11,19H,3,12-16H2,1-2H3,(H,25,29). The molecule has 1 aromatic heterocycles. The molecule has 1 aliphatic rings. The highest BCUT2D eigenvalue weighted by Crippen LogP contribution is 2.21. The molecule has 0 aliphatic carbocycles. The second-order valence-electron chi connectivity index (χ2n) is 7.81. The number of ether oxygens (including phenoxy) is 1. The maximum atomic E-state index is 12.5. The van der Waals surface area contributed by atoms with Crippen LogP contribution in [0.25, 0.3) is 11.4 Å². The second kappa shape index (κ2) is 9.75. The maximum Gasteiger partial charge on any atom is 0.251 e. The maximum absolute atomic E-state index is 12.5. The number of rotatable bonds is 7. The highest BCUT2D eigenvalue weighted by Gasteiger charge is 2.23. The number of likely N-dealkylation sites (tertiary alicyclic amines) is 1. The molecule has 0 atom stereocenters. The van der Waals surface area contributed by atoms with Crippen molar-refractivity contribution in [2.24, 2.45) is 0 Å². The molecule has 0 spiro atoms. The third kappa shape index (κ3) is 5.30. The lowest BCUT2D eigenvalue weighted by atomic mass is 10.0. The molecule has 162 valence electrons. The van der Waals surface area contributed by atoms with Crippen LogP contribution in [0.1, 0.15) is 41.6 Å². The first-order valence-electron chi connectivity index (χ1n) is 10.8. The van der Waals surface area contributed by atoms with Gasteiger partial charge in [0.2, 0.25) is 11.7 Å². The third-order valence-electron chi connectivity index (χ3n) is 5.56. The molecule has 7 nitrogen and oxygen atoms in total. The summed E-state index contributed by atoms with van der Waals surface area (Å²) >= 11 is 0. The highest BCUT2D eigenvalue weighted by atomic mass is 16.5. The minimum absolute atomic E-state index is 0.00782. The van der Waals surface area contributed by atoms with Gasteiger partial charge in [-0.15, -0.1) is 0 Å². The number of nitrogens with zero attached hydrogens (tertiary/aromatic N) is 3. The quantitative estimate of drug-likeness (QED) is 0.626. The SMILES string of the molecule is CCOc1ccc(-c2noc(CN3CCC(NC(=O)c4ccccc4C)CC3)n2)cc1. The average molecular weight is 421 g/mol. The fourth-order valence-electron chi connectivity index (χ4n) is 3.82. The van der Waals surface area contributed by atoms with Crippen molar-refractivity contribution >= 4 is 5.91 Å². The highest BCUT2D eigenvalue weighted by molar-refractivity contribution is 5.95. The molecule has 0 bridgehead atoms. The summed E-state index contributed by atoms with van der Waals surface area (Å²) in [5, 5.41) is 7.29. The molecule has 4 rings (SSSR count). The van der Waals surface area contributed by atoms with E-state index in [1.165, 1.54) is 0 Å². The summed E-state index contributed by atoms with van der Waals surface area (Å²) in [6.45, 7) is 6.92. The van der Waals surface area contributed by atoms with E-state index < -0.39 is 0 Å². The number of hydrogen-bond donors (Lipinski definition) is 1. The smallest absolute Gasteiger partial charge is 0.251 e. The van der Waals surface area contributed by atoms with E-state index in [0.29, 0.717) is 24.9 Å². The molecule has 2 heterocycles. The number of carbonyl (C=O) groups is 1. The second-order valence-corrected chi connectivity index (χ2v) is 7.81. The van der Waals surface area contributed by atoms with Gasteiger partial charge in [0.25, 0.3) is 5.91 Å². The molecule has 2 aromatic carbocycles. The number of nitrogens with one attached hydrogen (secondary N) is 1. The van der Waals surface area contributed by atoms with Crippen LogP contribution in [-0.2, 0) is 6.54 Å². The van der Waals surface area contributed by atoms with E-state index in [-0.39, 0.29) is 11.9 Å². The van der Waals surface area contributed by atoms with Crippen LogP contribution < -0.4 is 10.1 Å². The van der Waals surface area contributed by atoms with Crippen molar-refractivity contribution in [3.63, 3.8) is 0 Å². The Hall–Kier alpha value is -3.19. The Morgan fingerprint density at radius 2 is 1.90 bits per heavy atom. The average Bonchev–Trinajstić information content (AvgIpc) is 3.24. The van der Waals surface area contributed by atoms with Crippen molar-refractivity contribution < 1.29 is 14.1 Å². The Morgan fingerprint density at radius 3 is 2.61 bits per heavy atom. The van der Waals surface area contributed by atoms with Gasteiger partial charge in [0.1, 0.15) is 5.75 Å². The summed E-state index contributed by atoms with van der Waals surface area (Å²) in [5.41, 5.74) is 2.64. The zero-order valence-electron chi connectivity index (χ0n) is 18.0. The first kappa shape index (κ1) is 21.1. The van der Waals surface area contributed by atoms with Crippen LogP contribution in [0.15, 0.2) is 53.1 Å². The van der Waals surface area contributed by atoms with E-state index in [1.807, 2.05) is 62.4 Å². The van der Waals surface area contributed by atoms with Gasteiger partial charge in [-0.1, -0.05) is 23.4 Å². The molecular weight excluding hydrogens is 392 g/mol. The molecule has 1 saturated heterocycles. The lowest BCUT2D eigenvalue weighted by molar-refractivity contribution is 0.0904. The van der Waals surface area contributed by atoms with Crippen LogP contribution in [0.3, 0.4) is 0 Å². The predicted molar refractivity (Wildman–Crippen MR) is 118 cm³/mol. The first-order chi connectivity index (χ1) is 15.1. The van der Waals surface area contributed by atoms with Crippen LogP contribution in [0.4, 0.5) is 0 Å². The molecule has 31 heavy (non-hydrogen) atoms. The zero-order valence-corrected chi connectivity index (χ0v) is 18.0. The van der Waals surface area contributed by atoms with E-state index in [0.717, 1.165) is 48.4 Å². The summed E-state index contributed by atoms with van der Waals surface area (Å²) in [5.74, 6) is 2.02. The zero-order chi connectivity index (χ0) is 21.6. The normalized spacial score (nSPS) is 15.0. The van der Waals surface area contributed by atoms with Crippen molar-refractivity contribution in [1.29, 1.82) is 0 Å². The molecular formula is C24H28N4O3. The number of benzene rings is 2. The van der Waals surface area contributed by atoms with Gasteiger partial charge in [0.15, 0.2) is 0 Å². The molecule has 0 saturated carbocycles. The van der Waals surface area contributed by atoms with Crippen LogP contribution in [-0.4, -0.2) is 46.7 Å². The fourth-order valence-corrected chi connectivity index (χ4v) is 3.82. The number of hydrogen-bond acceptors (Lipinski definition) is 6. The summed E-state index contributed by atoms with van der Waals surface area (Å²) in [4.78, 5) is 19.4. The molecule has 7 heteroatoms. The van der Waals surface area contributed by atoms with Gasteiger partial charge >= 0.3 is 0 Å². The van der Waals surface area contributed by atoms with Gasteiger partial charge in [-0.05, 0) is 62.6 Å². The van der Waals surface area contributed by atoms with Crippen molar-refractivity contribution in [1.82, 2.24) is 20.4 Å². The predicted octanol–water partition coefficient (Wildman–Crippen LogP) is 3.84. The van der Waals surface area contributed by atoms with Gasteiger partial charge in [-0.3, -0.25) is 9.69 Å². The van der Waals surface area contributed by atoms with Crippen LogP contribution in [0, 0.1) is 6.92 Å². The Labute approximate surface area is 182 Å². The topological polar surface area (TPSA) is 80.5 Å². The summed E-state index contributed by atoms with van der Waals surface area (Å²) in [6.07, 6.45) is 1.80. The van der Waals surface area contributed by atoms with E-state index in [2.05, 4.69) is 20.4 Å². The Morgan fingerprint density at radius 1 is 1.16 bits per heavy atom. The summed E-state index contributed by atoms with van der Waals surface area (Å²) in [7, 11) is 0. The Balaban J connectivity index is 1.27. The van der Waals surface area contributed by atoms with Crippen molar-refractivity contribution in [2.45, 2.75) is 39.3 Å². The van der Waals surface area contributed by atoms with Gasteiger partial charge in [0.05, 0.1) is 13.2 Å². The van der Waals surface area contributed by atoms with Crippen molar-refractivity contribution in [3.05, 3.63) is 65.5 Å². The minimum Gasteiger partial charge on any atom is -0.494 e.